The first kappa shape index (κ1) is 16.1. The number of amides is 1. The van der Waals surface area contributed by atoms with E-state index in [2.05, 4.69) is 4.90 Å². The second-order valence-corrected chi connectivity index (χ2v) is 7.87. The topological polar surface area (TPSA) is 23.6 Å². The Balaban J connectivity index is 1.41. The molecule has 0 aromatic heterocycles. The number of likely N-dealkylation sites (tertiary alicyclic amines) is 1. The molecule has 3 fully saturated rings. The first-order valence-electron chi connectivity index (χ1n) is 9.41. The van der Waals surface area contributed by atoms with Gasteiger partial charge in [0.2, 0.25) is 5.91 Å². The van der Waals surface area contributed by atoms with Crippen molar-refractivity contribution in [2.24, 2.45) is 11.8 Å². The van der Waals surface area contributed by atoms with Gasteiger partial charge in [-0.3, -0.25) is 9.69 Å². The Hall–Kier alpha value is -1.42. The molecule has 3 atom stereocenters. The minimum Gasteiger partial charge on any atom is -0.310 e. The van der Waals surface area contributed by atoms with Crippen molar-refractivity contribution in [3.05, 3.63) is 30.1 Å². The molecule has 3 aliphatic rings. The Kier molecular flexibility index (Phi) is 4.33. The number of nitrogens with zero attached hydrogens (tertiary/aromatic N) is 2. The van der Waals surface area contributed by atoms with Crippen LogP contribution in [0.25, 0.3) is 0 Å². The molecular weight excluding hydrogens is 303 g/mol. The molecule has 1 unspecified atom stereocenters. The Morgan fingerprint density at radius 3 is 2.33 bits per heavy atom. The molecular formula is C20H27FN2O. The van der Waals surface area contributed by atoms with Gasteiger partial charge in [0, 0.05) is 37.8 Å². The number of anilines is 1. The molecule has 0 spiro atoms. The van der Waals surface area contributed by atoms with Crippen LogP contribution in [0.4, 0.5) is 10.1 Å². The van der Waals surface area contributed by atoms with Crippen LogP contribution in [0.2, 0.25) is 0 Å². The average Bonchev–Trinajstić information content (AvgIpc) is 3.20. The van der Waals surface area contributed by atoms with Crippen molar-refractivity contribution >= 4 is 11.6 Å². The van der Waals surface area contributed by atoms with Gasteiger partial charge in [-0.15, -0.1) is 0 Å². The van der Waals surface area contributed by atoms with Crippen LogP contribution in [0.15, 0.2) is 24.3 Å². The molecule has 24 heavy (non-hydrogen) atoms. The minimum atomic E-state index is -0.256. The first-order chi connectivity index (χ1) is 11.6. The van der Waals surface area contributed by atoms with E-state index in [0.29, 0.717) is 0 Å². The van der Waals surface area contributed by atoms with E-state index < -0.39 is 0 Å². The summed E-state index contributed by atoms with van der Waals surface area (Å²) < 4.78 is 13.2. The van der Waals surface area contributed by atoms with Crippen LogP contribution in [-0.4, -0.2) is 36.0 Å². The van der Waals surface area contributed by atoms with Gasteiger partial charge in [0.15, 0.2) is 0 Å². The lowest BCUT2D eigenvalue weighted by atomic mass is 9.91. The predicted molar refractivity (Wildman–Crippen MR) is 93.4 cm³/mol. The highest BCUT2D eigenvalue weighted by molar-refractivity contribution is 5.92. The monoisotopic (exact) mass is 330 g/mol. The molecule has 1 saturated heterocycles. The molecule has 2 saturated carbocycles. The number of carbonyl (C=O) groups is 1. The van der Waals surface area contributed by atoms with Crippen LogP contribution >= 0.6 is 0 Å². The fourth-order valence-corrected chi connectivity index (χ4v) is 5.39. The van der Waals surface area contributed by atoms with Gasteiger partial charge in [0.25, 0.3) is 0 Å². The van der Waals surface area contributed by atoms with E-state index in [-0.39, 0.29) is 17.8 Å². The minimum absolute atomic E-state index is 0.0555. The van der Waals surface area contributed by atoms with E-state index in [1.807, 2.05) is 4.90 Å². The van der Waals surface area contributed by atoms with Gasteiger partial charge in [-0.25, -0.2) is 4.39 Å². The summed E-state index contributed by atoms with van der Waals surface area (Å²) in [4.78, 5) is 16.7. The Labute approximate surface area is 143 Å². The highest BCUT2D eigenvalue weighted by atomic mass is 19.1. The van der Waals surface area contributed by atoms with Crippen LogP contribution in [0, 0.1) is 17.7 Å². The predicted octanol–water partition coefficient (Wildman–Crippen LogP) is 3.83. The van der Waals surface area contributed by atoms with Gasteiger partial charge in [0.05, 0.1) is 0 Å². The summed E-state index contributed by atoms with van der Waals surface area (Å²) >= 11 is 0. The zero-order valence-corrected chi connectivity index (χ0v) is 14.5. The Bertz CT molecular complexity index is 594. The molecule has 1 aromatic rings. The van der Waals surface area contributed by atoms with Crippen molar-refractivity contribution < 1.29 is 9.18 Å². The lowest BCUT2D eigenvalue weighted by molar-refractivity contribution is -0.117. The van der Waals surface area contributed by atoms with E-state index in [9.17, 15) is 9.18 Å². The molecule has 2 aliphatic carbocycles. The zero-order valence-electron chi connectivity index (χ0n) is 14.5. The highest BCUT2D eigenvalue weighted by Crippen LogP contribution is 2.47. The van der Waals surface area contributed by atoms with Crippen molar-refractivity contribution in [2.45, 2.75) is 57.5 Å². The van der Waals surface area contributed by atoms with Crippen molar-refractivity contribution in [3.63, 3.8) is 0 Å². The number of rotatable bonds is 3. The van der Waals surface area contributed by atoms with Crippen molar-refractivity contribution in [2.75, 3.05) is 18.0 Å². The van der Waals surface area contributed by atoms with Crippen LogP contribution in [0.3, 0.4) is 0 Å². The maximum Gasteiger partial charge on any atom is 0.224 e. The smallest absolute Gasteiger partial charge is 0.224 e. The number of hydrogen-bond donors (Lipinski definition) is 0. The Morgan fingerprint density at radius 1 is 1.08 bits per heavy atom. The maximum absolute atomic E-state index is 13.2. The number of carbonyl (C=O) groups excluding carboxylic acids is 1. The SMILES string of the molecule is CC(=O)N(c1ccc(F)cc1)C1CCN(C2C[C@@H]3CC[C@H]2C3)CC1. The van der Waals surface area contributed by atoms with E-state index in [1.54, 1.807) is 19.1 Å². The van der Waals surface area contributed by atoms with Gasteiger partial charge in [0.1, 0.15) is 5.82 Å². The Morgan fingerprint density at radius 2 is 1.79 bits per heavy atom. The summed E-state index contributed by atoms with van der Waals surface area (Å²) in [7, 11) is 0. The lowest BCUT2D eigenvalue weighted by Gasteiger charge is -2.42. The van der Waals surface area contributed by atoms with E-state index in [4.69, 9.17) is 0 Å². The van der Waals surface area contributed by atoms with Crippen molar-refractivity contribution in [1.29, 1.82) is 0 Å². The van der Waals surface area contributed by atoms with Crippen molar-refractivity contribution in [1.82, 2.24) is 4.90 Å². The molecule has 0 N–H and O–H groups in total. The standard InChI is InChI=1S/C20H27FN2O/c1-14(24)23(18-6-4-17(21)5-7-18)19-8-10-22(11-9-19)20-13-15-2-3-16(20)12-15/h4-7,15-16,19-20H,2-3,8-13H2,1H3/t15-,16+,20?/m1/s1. The second-order valence-electron chi connectivity index (χ2n) is 7.87. The van der Waals surface area contributed by atoms with Gasteiger partial charge < -0.3 is 4.90 Å². The number of hydrogen-bond acceptors (Lipinski definition) is 2. The fourth-order valence-electron chi connectivity index (χ4n) is 5.39. The largest absolute Gasteiger partial charge is 0.310 e. The third-order valence-electron chi connectivity index (χ3n) is 6.48. The molecule has 1 aromatic carbocycles. The number of piperidine rings is 1. The van der Waals surface area contributed by atoms with Gasteiger partial charge >= 0.3 is 0 Å². The zero-order chi connectivity index (χ0) is 16.7. The van der Waals surface area contributed by atoms with Crippen LogP contribution in [0.1, 0.15) is 45.4 Å². The van der Waals surface area contributed by atoms with Gasteiger partial charge in [-0.1, -0.05) is 6.42 Å². The van der Waals surface area contributed by atoms with Gasteiger partial charge in [-0.05, 0) is 68.2 Å². The van der Waals surface area contributed by atoms with Crippen molar-refractivity contribution in [3.8, 4) is 0 Å². The maximum atomic E-state index is 13.2. The summed E-state index contributed by atoms with van der Waals surface area (Å²) in [5, 5.41) is 0. The lowest BCUT2D eigenvalue weighted by Crippen LogP contribution is -2.50. The first-order valence-corrected chi connectivity index (χ1v) is 9.41. The number of halogens is 1. The number of benzene rings is 1. The molecule has 0 radical (unpaired) electrons. The highest BCUT2D eigenvalue weighted by Gasteiger charge is 2.43. The summed E-state index contributed by atoms with van der Waals surface area (Å²) in [6.45, 7) is 3.79. The summed E-state index contributed by atoms with van der Waals surface area (Å²) in [5.41, 5.74) is 0.822. The third kappa shape index (κ3) is 2.97. The summed E-state index contributed by atoms with van der Waals surface area (Å²) in [6, 6.07) is 7.35. The molecule has 130 valence electrons. The third-order valence-corrected chi connectivity index (χ3v) is 6.48. The molecule has 3 nitrogen and oxygen atoms in total. The molecule has 4 rings (SSSR count). The summed E-state index contributed by atoms with van der Waals surface area (Å²) in [6.07, 6.45) is 7.74. The van der Waals surface area contributed by atoms with Gasteiger partial charge in [-0.2, -0.15) is 0 Å². The molecule has 1 amide bonds. The fraction of sp³-hybridized carbons (Fsp3) is 0.650. The van der Waals surface area contributed by atoms with Crippen LogP contribution in [-0.2, 0) is 4.79 Å². The van der Waals surface area contributed by atoms with Crippen LogP contribution in [0.5, 0.6) is 0 Å². The molecule has 2 bridgehead atoms. The second kappa shape index (κ2) is 6.47. The van der Waals surface area contributed by atoms with E-state index >= 15 is 0 Å². The average molecular weight is 330 g/mol. The normalized spacial score (nSPS) is 30.7. The molecule has 1 aliphatic heterocycles. The summed E-state index contributed by atoms with van der Waals surface area (Å²) in [5.74, 6) is 1.70. The van der Waals surface area contributed by atoms with Crippen LogP contribution < -0.4 is 4.90 Å². The quantitative estimate of drug-likeness (QED) is 0.841. The number of fused-ring (bicyclic) bond motifs is 2. The van der Waals surface area contributed by atoms with E-state index in [1.165, 1.54) is 37.8 Å². The van der Waals surface area contributed by atoms with E-state index in [0.717, 1.165) is 49.5 Å². The molecule has 1 heterocycles. The molecule has 4 heteroatoms.